The second kappa shape index (κ2) is 6.69. The number of aromatic nitrogens is 1. The van der Waals surface area contributed by atoms with Gasteiger partial charge in [0.25, 0.3) is 0 Å². The molecule has 0 unspecified atom stereocenters. The van der Waals surface area contributed by atoms with Crippen molar-refractivity contribution >= 4 is 43.7 Å². The van der Waals surface area contributed by atoms with Crippen molar-refractivity contribution in [3.05, 3.63) is 62.2 Å². The van der Waals surface area contributed by atoms with Gasteiger partial charge in [0.05, 0.1) is 31.8 Å². The van der Waals surface area contributed by atoms with Crippen molar-refractivity contribution < 1.29 is 9.85 Å². The highest BCUT2D eigenvalue weighted by Crippen LogP contribution is 2.37. The van der Waals surface area contributed by atoms with Gasteiger partial charge in [0.15, 0.2) is 0 Å². The second-order valence-electron chi connectivity index (χ2n) is 5.04. The average Bonchev–Trinajstić information content (AvgIpc) is 3.01. The molecule has 0 N–H and O–H groups in total. The van der Waals surface area contributed by atoms with Crippen LogP contribution in [-0.4, -0.2) is 14.8 Å². The number of rotatable bonds is 5. The molecule has 126 valence electrons. The molecule has 0 atom stereocenters. The average molecular weight is 357 g/mol. The van der Waals surface area contributed by atoms with Crippen LogP contribution in [0.2, 0.25) is 0 Å². The van der Waals surface area contributed by atoms with E-state index < -0.39 is 21.2 Å². The summed E-state index contributed by atoms with van der Waals surface area (Å²) in [7, 11) is 0. The maximum atomic E-state index is 11.0. The first-order chi connectivity index (χ1) is 12.0. The van der Waals surface area contributed by atoms with Crippen LogP contribution in [0.4, 0.5) is 22.2 Å². The summed E-state index contributed by atoms with van der Waals surface area (Å²) in [6.45, 7) is 2.05. The zero-order valence-electron chi connectivity index (χ0n) is 12.9. The minimum atomic E-state index is -0.798. The summed E-state index contributed by atoms with van der Waals surface area (Å²) in [5.41, 5.74) is 0.936. The SMILES string of the molecule is CCc1ccc(N=Nc2nc3cc([N+](=O)[O-])c([N+](=O)[O-])cc3s2)cc1. The Morgan fingerprint density at radius 2 is 1.68 bits per heavy atom. The van der Waals surface area contributed by atoms with Gasteiger partial charge in [-0.15, -0.1) is 10.2 Å². The standard InChI is InChI=1S/C15H11N5O4S/c1-2-9-3-5-10(6-4-9)17-18-15-16-11-7-12(19(21)22)13(20(23)24)8-14(11)25-15/h3-8H,2H2,1H3. The molecule has 0 aliphatic carbocycles. The maximum absolute atomic E-state index is 11.0. The van der Waals surface area contributed by atoms with Crippen LogP contribution in [-0.2, 0) is 6.42 Å². The molecule has 0 aliphatic rings. The molecule has 3 rings (SSSR count). The molecular weight excluding hydrogens is 346 g/mol. The van der Waals surface area contributed by atoms with Gasteiger partial charge in [-0.1, -0.05) is 30.4 Å². The molecule has 2 aromatic carbocycles. The number of fused-ring (bicyclic) bond motifs is 1. The molecular formula is C15H11N5O4S. The number of benzene rings is 2. The first kappa shape index (κ1) is 16.6. The van der Waals surface area contributed by atoms with E-state index in [1.165, 1.54) is 5.56 Å². The number of aryl methyl sites for hydroxylation is 1. The van der Waals surface area contributed by atoms with Gasteiger partial charge in [-0.2, -0.15) is 0 Å². The summed E-state index contributed by atoms with van der Waals surface area (Å²) in [5, 5.41) is 30.3. The number of nitro groups is 2. The summed E-state index contributed by atoms with van der Waals surface area (Å²) in [4.78, 5) is 24.5. The van der Waals surface area contributed by atoms with Gasteiger partial charge in [-0.3, -0.25) is 20.2 Å². The minimum absolute atomic E-state index is 0.268. The van der Waals surface area contributed by atoms with Gasteiger partial charge in [-0.25, -0.2) is 4.98 Å². The number of thiazole rings is 1. The normalized spacial score (nSPS) is 11.2. The third kappa shape index (κ3) is 3.48. The third-order valence-corrected chi connectivity index (χ3v) is 4.36. The van der Waals surface area contributed by atoms with Crippen LogP contribution in [0.5, 0.6) is 0 Å². The van der Waals surface area contributed by atoms with Crippen LogP contribution >= 0.6 is 11.3 Å². The number of azo groups is 1. The molecule has 9 nitrogen and oxygen atoms in total. The molecule has 0 fully saturated rings. The van der Waals surface area contributed by atoms with Crippen molar-refractivity contribution in [3.63, 3.8) is 0 Å². The summed E-state index contributed by atoms with van der Waals surface area (Å²) in [6, 6.07) is 9.76. The molecule has 10 heteroatoms. The van der Waals surface area contributed by atoms with Gasteiger partial charge in [0, 0.05) is 6.07 Å². The molecule has 0 radical (unpaired) electrons. The van der Waals surface area contributed by atoms with Gasteiger partial charge in [0.1, 0.15) is 0 Å². The lowest BCUT2D eigenvalue weighted by Crippen LogP contribution is -1.96. The van der Waals surface area contributed by atoms with Crippen LogP contribution < -0.4 is 0 Å². The van der Waals surface area contributed by atoms with Crippen molar-refractivity contribution in [2.45, 2.75) is 13.3 Å². The fraction of sp³-hybridized carbons (Fsp3) is 0.133. The largest absolute Gasteiger partial charge is 0.348 e. The van der Waals surface area contributed by atoms with Gasteiger partial charge < -0.3 is 0 Å². The predicted molar refractivity (Wildman–Crippen MR) is 92.9 cm³/mol. The zero-order chi connectivity index (χ0) is 18.0. The molecule has 25 heavy (non-hydrogen) atoms. The van der Waals surface area contributed by atoms with Crippen molar-refractivity contribution in [2.75, 3.05) is 0 Å². The molecule has 0 amide bonds. The Balaban J connectivity index is 1.96. The van der Waals surface area contributed by atoms with Crippen LogP contribution in [0, 0.1) is 20.2 Å². The lowest BCUT2D eigenvalue weighted by atomic mass is 10.2. The summed E-state index contributed by atoms with van der Waals surface area (Å²) in [6.07, 6.45) is 0.923. The summed E-state index contributed by atoms with van der Waals surface area (Å²) in [5.74, 6) is 0. The Kier molecular flexibility index (Phi) is 4.44. The highest BCUT2D eigenvalue weighted by Gasteiger charge is 2.26. The van der Waals surface area contributed by atoms with Crippen LogP contribution in [0.3, 0.4) is 0 Å². The number of hydrogen-bond donors (Lipinski definition) is 0. The fourth-order valence-corrected chi connectivity index (χ4v) is 2.98. The monoisotopic (exact) mass is 357 g/mol. The van der Waals surface area contributed by atoms with Crippen LogP contribution in [0.15, 0.2) is 46.6 Å². The van der Waals surface area contributed by atoms with Crippen molar-refractivity contribution in [1.82, 2.24) is 4.98 Å². The Morgan fingerprint density at radius 1 is 1.04 bits per heavy atom. The van der Waals surface area contributed by atoms with E-state index in [1.54, 1.807) is 0 Å². The van der Waals surface area contributed by atoms with E-state index >= 15 is 0 Å². The molecule has 3 aromatic rings. The van der Waals surface area contributed by atoms with E-state index in [2.05, 4.69) is 22.1 Å². The topological polar surface area (TPSA) is 124 Å². The highest BCUT2D eigenvalue weighted by atomic mass is 32.1. The van der Waals surface area contributed by atoms with Gasteiger partial charge >= 0.3 is 11.4 Å². The summed E-state index contributed by atoms with van der Waals surface area (Å²) >= 11 is 1.08. The lowest BCUT2D eigenvalue weighted by molar-refractivity contribution is -0.422. The van der Waals surface area contributed by atoms with Crippen molar-refractivity contribution in [1.29, 1.82) is 0 Å². The van der Waals surface area contributed by atoms with E-state index in [1.807, 2.05) is 24.3 Å². The fourth-order valence-electron chi connectivity index (χ4n) is 2.17. The van der Waals surface area contributed by atoms with Gasteiger partial charge in [-0.05, 0) is 24.1 Å². The quantitative estimate of drug-likeness (QED) is 0.357. The van der Waals surface area contributed by atoms with Crippen LogP contribution in [0.1, 0.15) is 12.5 Å². The molecule has 1 aromatic heterocycles. The Morgan fingerprint density at radius 3 is 2.28 bits per heavy atom. The highest BCUT2D eigenvalue weighted by molar-refractivity contribution is 7.22. The van der Waals surface area contributed by atoms with E-state index in [-0.39, 0.29) is 10.6 Å². The minimum Gasteiger partial charge on any atom is -0.258 e. The lowest BCUT2D eigenvalue weighted by Gasteiger charge is -1.95. The van der Waals surface area contributed by atoms with E-state index in [9.17, 15) is 20.2 Å². The number of nitrogens with zero attached hydrogens (tertiary/aromatic N) is 5. The second-order valence-corrected chi connectivity index (χ2v) is 6.05. The molecule has 0 spiro atoms. The molecule has 0 saturated carbocycles. The van der Waals surface area contributed by atoms with Crippen molar-refractivity contribution in [3.8, 4) is 0 Å². The van der Waals surface area contributed by atoms with Crippen LogP contribution in [0.25, 0.3) is 10.2 Å². The molecule has 0 bridgehead atoms. The molecule has 0 aliphatic heterocycles. The third-order valence-electron chi connectivity index (χ3n) is 3.46. The predicted octanol–water partition coefficient (Wildman–Crippen LogP) is 5.09. The maximum Gasteiger partial charge on any atom is 0.348 e. The molecule has 0 saturated heterocycles. The van der Waals surface area contributed by atoms with Gasteiger partial charge in [0.2, 0.25) is 5.13 Å². The van der Waals surface area contributed by atoms with Crippen molar-refractivity contribution in [2.24, 2.45) is 10.2 Å². The Labute approximate surface area is 145 Å². The Bertz CT molecular complexity index is 946. The molecule has 1 heterocycles. The van der Waals surface area contributed by atoms with E-state index in [4.69, 9.17) is 0 Å². The first-order valence-corrected chi connectivity index (χ1v) is 8.03. The van der Waals surface area contributed by atoms with E-state index in [0.717, 1.165) is 29.9 Å². The first-order valence-electron chi connectivity index (χ1n) is 7.22. The van der Waals surface area contributed by atoms with E-state index in [0.29, 0.717) is 10.4 Å². The number of hydrogen-bond acceptors (Lipinski definition) is 8. The Hall–Kier alpha value is -3.27. The number of nitro benzene ring substituents is 2. The zero-order valence-corrected chi connectivity index (χ0v) is 13.8. The summed E-state index contributed by atoms with van der Waals surface area (Å²) < 4.78 is 0.438. The smallest absolute Gasteiger partial charge is 0.258 e.